The first-order valence-electron chi connectivity index (χ1n) is 3.75. The van der Waals surface area contributed by atoms with E-state index < -0.39 is 6.67 Å². The van der Waals surface area contributed by atoms with Crippen LogP contribution in [0.1, 0.15) is 5.56 Å². The van der Waals surface area contributed by atoms with E-state index in [0.717, 1.165) is 4.90 Å². The van der Waals surface area contributed by atoms with Gasteiger partial charge in [0.1, 0.15) is 6.67 Å². The molecule has 0 fully saturated rings. The van der Waals surface area contributed by atoms with Gasteiger partial charge < -0.3 is 4.18 Å². The predicted octanol–water partition coefficient (Wildman–Crippen LogP) is 2.99. The Hall–Kier alpha value is -0.540. The molecule has 0 atom stereocenters. The van der Waals surface area contributed by atoms with E-state index in [9.17, 15) is 4.39 Å². The number of halogens is 1. The van der Waals surface area contributed by atoms with Gasteiger partial charge in [-0.1, -0.05) is 17.7 Å². The zero-order valence-electron chi connectivity index (χ0n) is 6.92. The van der Waals surface area contributed by atoms with Gasteiger partial charge in [0.2, 0.25) is 0 Å². The highest BCUT2D eigenvalue weighted by Crippen LogP contribution is 2.18. The Labute approximate surface area is 76.1 Å². The molecule has 0 saturated heterocycles. The Morgan fingerprint density at radius 2 is 2.00 bits per heavy atom. The van der Waals surface area contributed by atoms with E-state index in [0.29, 0.717) is 0 Å². The van der Waals surface area contributed by atoms with Crippen molar-refractivity contribution in [3.05, 3.63) is 29.8 Å². The maximum atomic E-state index is 11.6. The van der Waals surface area contributed by atoms with Crippen molar-refractivity contribution in [3.63, 3.8) is 0 Å². The Morgan fingerprint density at radius 1 is 1.33 bits per heavy atom. The molecule has 0 aliphatic carbocycles. The van der Waals surface area contributed by atoms with E-state index >= 15 is 0 Å². The van der Waals surface area contributed by atoms with E-state index in [4.69, 9.17) is 4.18 Å². The monoisotopic (exact) mass is 186 g/mol. The molecular weight excluding hydrogens is 175 g/mol. The predicted molar refractivity (Wildman–Crippen MR) is 49.0 cm³/mol. The average molecular weight is 186 g/mol. The molecule has 66 valence electrons. The van der Waals surface area contributed by atoms with Crippen molar-refractivity contribution in [2.75, 3.05) is 13.3 Å². The quantitative estimate of drug-likeness (QED) is 0.528. The molecule has 0 unspecified atom stereocenters. The smallest absolute Gasteiger partial charge is 0.114 e. The van der Waals surface area contributed by atoms with Crippen molar-refractivity contribution in [2.24, 2.45) is 0 Å². The summed E-state index contributed by atoms with van der Waals surface area (Å²) in [5, 5.41) is 0. The molecule has 0 aliphatic heterocycles. The van der Waals surface area contributed by atoms with Gasteiger partial charge in [0.15, 0.2) is 0 Å². The lowest BCUT2D eigenvalue weighted by molar-refractivity contribution is 0.312. The number of aryl methyl sites for hydroxylation is 1. The molecule has 0 N–H and O–H groups in total. The second-order valence-electron chi connectivity index (χ2n) is 2.41. The second kappa shape index (κ2) is 5.17. The number of alkyl halides is 1. The van der Waals surface area contributed by atoms with Gasteiger partial charge in [-0.05, 0) is 19.1 Å². The Bertz CT molecular complexity index is 222. The number of hydrogen-bond acceptors (Lipinski definition) is 2. The highest BCUT2D eigenvalue weighted by molar-refractivity contribution is 7.94. The Morgan fingerprint density at radius 3 is 2.58 bits per heavy atom. The minimum atomic E-state index is -0.432. The van der Waals surface area contributed by atoms with Crippen molar-refractivity contribution in [2.45, 2.75) is 11.8 Å². The van der Waals surface area contributed by atoms with E-state index in [1.165, 1.54) is 17.6 Å². The molecule has 0 heterocycles. The fourth-order valence-electron chi connectivity index (χ4n) is 0.735. The van der Waals surface area contributed by atoms with Crippen LogP contribution in [0.4, 0.5) is 4.39 Å². The van der Waals surface area contributed by atoms with Crippen LogP contribution >= 0.6 is 12.0 Å². The summed E-state index contributed by atoms with van der Waals surface area (Å²) in [5.41, 5.74) is 1.21. The van der Waals surface area contributed by atoms with Crippen LogP contribution in [0, 0.1) is 6.92 Å². The van der Waals surface area contributed by atoms with Crippen LogP contribution in [-0.4, -0.2) is 13.3 Å². The van der Waals surface area contributed by atoms with Gasteiger partial charge in [-0.15, -0.1) is 0 Å². The van der Waals surface area contributed by atoms with Crippen LogP contribution in [0.15, 0.2) is 29.2 Å². The summed E-state index contributed by atoms with van der Waals surface area (Å²) in [7, 11) is 0. The van der Waals surface area contributed by atoms with E-state index in [2.05, 4.69) is 0 Å². The van der Waals surface area contributed by atoms with Crippen LogP contribution in [0.5, 0.6) is 0 Å². The maximum Gasteiger partial charge on any atom is 0.114 e. The third-order valence-electron chi connectivity index (χ3n) is 1.34. The first-order chi connectivity index (χ1) is 5.83. The van der Waals surface area contributed by atoms with E-state index in [1.807, 2.05) is 31.2 Å². The van der Waals surface area contributed by atoms with Crippen LogP contribution in [-0.2, 0) is 4.18 Å². The lowest BCUT2D eigenvalue weighted by Crippen LogP contribution is -1.86. The maximum absolute atomic E-state index is 11.6. The first-order valence-corrected chi connectivity index (χ1v) is 4.49. The van der Waals surface area contributed by atoms with E-state index in [-0.39, 0.29) is 6.61 Å². The van der Waals surface area contributed by atoms with Crippen LogP contribution < -0.4 is 0 Å². The minimum Gasteiger partial charge on any atom is -0.307 e. The molecule has 0 bridgehead atoms. The molecule has 3 heteroatoms. The highest BCUT2D eigenvalue weighted by atomic mass is 32.2. The number of hydrogen-bond donors (Lipinski definition) is 0. The zero-order chi connectivity index (χ0) is 8.81. The zero-order valence-corrected chi connectivity index (χ0v) is 7.73. The van der Waals surface area contributed by atoms with Crippen molar-refractivity contribution in [3.8, 4) is 0 Å². The molecule has 0 aliphatic rings. The highest BCUT2D eigenvalue weighted by Gasteiger charge is 1.93. The van der Waals surface area contributed by atoms with Crippen molar-refractivity contribution in [1.82, 2.24) is 0 Å². The minimum absolute atomic E-state index is 0.151. The van der Waals surface area contributed by atoms with Gasteiger partial charge in [-0.3, -0.25) is 0 Å². The molecule has 1 aromatic carbocycles. The van der Waals surface area contributed by atoms with Gasteiger partial charge in [0, 0.05) is 16.9 Å². The number of rotatable bonds is 4. The Kier molecular flexibility index (Phi) is 4.11. The Balaban J connectivity index is 2.37. The molecule has 12 heavy (non-hydrogen) atoms. The van der Waals surface area contributed by atoms with Crippen LogP contribution in [0.25, 0.3) is 0 Å². The number of benzene rings is 1. The van der Waals surface area contributed by atoms with Gasteiger partial charge in [0.05, 0.1) is 6.61 Å². The summed E-state index contributed by atoms with van der Waals surface area (Å²) in [6.45, 7) is 1.74. The van der Waals surface area contributed by atoms with E-state index in [1.54, 1.807) is 0 Å². The molecular formula is C9H11FOS. The van der Waals surface area contributed by atoms with Gasteiger partial charge >= 0.3 is 0 Å². The summed E-state index contributed by atoms with van der Waals surface area (Å²) in [4.78, 5) is 1.01. The summed E-state index contributed by atoms with van der Waals surface area (Å²) < 4.78 is 16.6. The molecule has 1 rings (SSSR count). The van der Waals surface area contributed by atoms with Crippen LogP contribution in [0.2, 0.25) is 0 Å². The summed E-state index contributed by atoms with van der Waals surface area (Å²) in [5.74, 6) is 0. The van der Waals surface area contributed by atoms with Gasteiger partial charge in [0.25, 0.3) is 0 Å². The van der Waals surface area contributed by atoms with Gasteiger partial charge in [-0.2, -0.15) is 0 Å². The summed E-state index contributed by atoms with van der Waals surface area (Å²) in [6.07, 6.45) is 0. The van der Waals surface area contributed by atoms with Crippen molar-refractivity contribution >= 4 is 12.0 Å². The SMILES string of the molecule is Cc1ccc(SOCCF)cc1. The third kappa shape index (κ3) is 3.24. The van der Waals surface area contributed by atoms with Crippen molar-refractivity contribution < 1.29 is 8.57 Å². The average Bonchev–Trinajstić information content (AvgIpc) is 2.09. The lowest BCUT2D eigenvalue weighted by Gasteiger charge is -1.99. The summed E-state index contributed by atoms with van der Waals surface area (Å²) in [6, 6.07) is 7.92. The molecule has 1 aromatic rings. The standard InChI is InChI=1S/C9H11FOS/c1-8-2-4-9(5-3-8)12-11-7-6-10/h2-5H,6-7H2,1H3. The lowest BCUT2D eigenvalue weighted by atomic mass is 10.2. The second-order valence-corrected chi connectivity index (χ2v) is 3.28. The molecule has 0 radical (unpaired) electrons. The normalized spacial score (nSPS) is 10.2. The van der Waals surface area contributed by atoms with Gasteiger partial charge in [-0.25, -0.2) is 4.39 Å². The molecule has 0 amide bonds. The van der Waals surface area contributed by atoms with Crippen molar-refractivity contribution in [1.29, 1.82) is 0 Å². The first kappa shape index (κ1) is 9.55. The fraction of sp³-hybridized carbons (Fsp3) is 0.333. The topological polar surface area (TPSA) is 9.23 Å². The fourth-order valence-corrected chi connectivity index (χ4v) is 1.26. The third-order valence-corrected chi connectivity index (χ3v) is 2.09. The largest absolute Gasteiger partial charge is 0.307 e. The molecule has 0 spiro atoms. The molecule has 0 aromatic heterocycles. The molecule has 1 nitrogen and oxygen atoms in total. The molecule has 0 saturated carbocycles. The summed E-state index contributed by atoms with van der Waals surface area (Å²) >= 11 is 1.21. The van der Waals surface area contributed by atoms with Crippen LogP contribution in [0.3, 0.4) is 0 Å².